The Labute approximate surface area is 161 Å². The van der Waals surface area contributed by atoms with Crippen LogP contribution in [-0.2, 0) is 4.79 Å². The highest BCUT2D eigenvalue weighted by Crippen LogP contribution is 2.28. The highest BCUT2D eigenvalue weighted by molar-refractivity contribution is 6.31. The predicted molar refractivity (Wildman–Crippen MR) is 102 cm³/mol. The van der Waals surface area contributed by atoms with Gasteiger partial charge in [0.15, 0.2) is 0 Å². The molecule has 0 aliphatic carbocycles. The van der Waals surface area contributed by atoms with Crippen LogP contribution >= 0.6 is 11.6 Å². The first-order valence-corrected chi connectivity index (χ1v) is 8.80. The van der Waals surface area contributed by atoms with Gasteiger partial charge < -0.3 is 9.80 Å². The summed E-state index contributed by atoms with van der Waals surface area (Å²) in [6.07, 6.45) is 0. The van der Waals surface area contributed by atoms with E-state index in [1.54, 1.807) is 24.0 Å². The number of halogens is 1. The number of carbonyl (C=O) groups is 2. The van der Waals surface area contributed by atoms with E-state index in [0.29, 0.717) is 23.7 Å². The van der Waals surface area contributed by atoms with Gasteiger partial charge in [0.25, 0.3) is 11.6 Å². The molecule has 0 radical (unpaired) electrons. The van der Waals surface area contributed by atoms with Crippen LogP contribution in [0.15, 0.2) is 42.5 Å². The molecule has 3 rings (SSSR count). The molecule has 2 aromatic carbocycles. The summed E-state index contributed by atoms with van der Waals surface area (Å²) in [6.45, 7) is 4.29. The summed E-state index contributed by atoms with van der Waals surface area (Å²) >= 11 is 6.06. The Morgan fingerprint density at radius 3 is 2.48 bits per heavy atom. The van der Waals surface area contributed by atoms with Gasteiger partial charge in [-0.3, -0.25) is 19.7 Å². The zero-order chi connectivity index (χ0) is 19.7. The smallest absolute Gasteiger partial charge is 0.269 e. The number of piperazine rings is 1. The summed E-state index contributed by atoms with van der Waals surface area (Å²) in [7, 11) is 0. The largest absolute Gasteiger partial charge is 0.325 e. The number of benzene rings is 2. The van der Waals surface area contributed by atoms with Gasteiger partial charge in [0.1, 0.15) is 6.04 Å². The minimum Gasteiger partial charge on any atom is -0.325 e. The first-order valence-electron chi connectivity index (χ1n) is 8.42. The Kier molecular flexibility index (Phi) is 5.14. The van der Waals surface area contributed by atoms with Crippen LogP contribution in [0.5, 0.6) is 0 Å². The van der Waals surface area contributed by atoms with E-state index in [4.69, 9.17) is 11.6 Å². The van der Waals surface area contributed by atoms with Crippen molar-refractivity contribution in [3.63, 3.8) is 0 Å². The van der Waals surface area contributed by atoms with Gasteiger partial charge in [-0.25, -0.2) is 0 Å². The zero-order valence-corrected chi connectivity index (χ0v) is 15.6. The Balaban J connectivity index is 1.80. The molecule has 0 aromatic heterocycles. The molecule has 2 amide bonds. The van der Waals surface area contributed by atoms with Crippen LogP contribution in [-0.4, -0.2) is 40.8 Å². The fraction of sp³-hybridized carbons (Fsp3) is 0.263. The Morgan fingerprint density at radius 2 is 1.85 bits per heavy atom. The van der Waals surface area contributed by atoms with Crippen molar-refractivity contribution >= 4 is 34.8 Å². The first kappa shape index (κ1) is 18.8. The molecule has 1 heterocycles. The number of hydrogen-bond acceptors (Lipinski definition) is 4. The number of hydrogen-bond donors (Lipinski definition) is 0. The molecule has 0 saturated carbocycles. The van der Waals surface area contributed by atoms with Crippen molar-refractivity contribution in [2.75, 3.05) is 18.0 Å². The molecule has 27 heavy (non-hydrogen) atoms. The standard InChI is InChI=1S/C19H18ClN3O4/c1-12-3-6-15(20)11-17(12)22-10-9-21(13(2)18(22)24)19(25)14-4-7-16(8-5-14)23(26)27/h3-8,11,13H,9-10H2,1-2H3/t13-/m0/s1. The van der Waals surface area contributed by atoms with E-state index in [-0.39, 0.29) is 17.5 Å². The molecule has 1 saturated heterocycles. The molecule has 1 aliphatic heterocycles. The SMILES string of the molecule is Cc1ccc(Cl)cc1N1CCN(C(=O)c2ccc([N+](=O)[O-])cc2)[C@@H](C)C1=O. The van der Waals surface area contributed by atoms with Crippen LogP contribution in [0.2, 0.25) is 5.02 Å². The van der Waals surface area contributed by atoms with Gasteiger partial charge in [0, 0.05) is 41.5 Å². The number of nitro benzene ring substituents is 1. The van der Waals surface area contributed by atoms with Crippen molar-refractivity contribution in [3.8, 4) is 0 Å². The molecule has 1 atom stereocenters. The number of aryl methyl sites for hydroxylation is 1. The van der Waals surface area contributed by atoms with E-state index in [2.05, 4.69) is 0 Å². The van der Waals surface area contributed by atoms with Gasteiger partial charge in [-0.05, 0) is 43.7 Å². The van der Waals surface area contributed by atoms with E-state index >= 15 is 0 Å². The average molecular weight is 388 g/mol. The molecule has 1 fully saturated rings. The highest BCUT2D eigenvalue weighted by atomic mass is 35.5. The van der Waals surface area contributed by atoms with Crippen molar-refractivity contribution < 1.29 is 14.5 Å². The summed E-state index contributed by atoms with van der Waals surface area (Å²) < 4.78 is 0. The normalized spacial score (nSPS) is 17.1. The third-order valence-corrected chi connectivity index (χ3v) is 4.94. The van der Waals surface area contributed by atoms with Crippen LogP contribution in [0, 0.1) is 17.0 Å². The lowest BCUT2D eigenvalue weighted by molar-refractivity contribution is -0.384. The van der Waals surface area contributed by atoms with Crippen LogP contribution in [0.1, 0.15) is 22.8 Å². The minimum absolute atomic E-state index is 0.0862. The van der Waals surface area contributed by atoms with Crippen LogP contribution in [0.3, 0.4) is 0 Å². The maximum absolute atomic E-state index is 12.9. The van der Waals surface area contributed by atoms with Crippen LogP contribution in [0.4, 0.5) is 11.4 Å². The van der Waals surface area contributed by atoms with Gasteiger partial charge in [0.2, 0.25) is 5.91 Å². The third-order valence-electron chi connectivity index (χ3n) is 4.70. The maximum Gasteiger partial charge on any atom is 0.269 e. The molecule has 0 unspecified atom stereocenters. The molecule has 8 heteroatoms. The summed E-state index contributed by atoms with van der Waals surface area (Å²) in [5.74, 6) is -0.518. The fourth-order valence-electron chi connectivity index (χ4n) is 3.15. The average Bonchev–Trinajstić information content (AvgIpc) is 2.65. The summed E-state index contributed by atoms with van der Waals surface area (Å²) in [6, 6.07) is 10.1. The Morgan fingerprint density at radius 1 is 1.19 bits per heavy atom. The van der Waals surface area contributed by atoms with E-state index in [1.165, 1.54) is 29.2 Å². The Hall–Kier alpha value is -2.93. The lowest BCUT2D eigenvalue weighted by Gasteiger charge is -2.39. The van der Waals surface area contributed by atoms with Gasteiger partial charge in [-0.1, -0.05) is 17.7 Å². The lowest BCUT2D eigenvalue weighted by atomic mass is 10.1. The van der Waals surface area contributed by atoms with Crippen molar-refractivity contribution in [2.24, 2.45) is 0 Å². The maximum atomic E-state index is 12.9. The third kappa shape index (κ3) is 3.64. The monoisotopic (exact) mass is 387 g/mol. The Bertz CT molecular complexity index is 914. The summed E-state index contributed by atoms with van der Waals surface area (Å²) in [5, 5.41) is 11.3. The van der Waals surface area contributed by atoms with Crippen molar-refractivity contribution in [1.29, 1.82) is 0 Å². The van der Waals surface area contributed by atoms with Crippen molar-refractivity contribution in [3.05, 3.63) is 68.7 Å². The number of carbonyl (C=O) groups excluding carboxylic acids is 2. The number of rotatable bonds is 3. The molecule has 0 spiro atoms. The van der Waals surface area contributed by atoms with E-state index in [0.717, 1.165) is 11.3 Å². The quantitative estimate of drug-likeness (QED) is 0.596. The number of nitrogens with zero attached hydrogens (tertiary/aromatic N) is 3. The van der Waals surface area contributed by atoms with Gasteiger partial charge in [-0.15, -0.1) is 0 Å². The molecule has 0 bridgehead atoms. The molecular formula is C19H18ClN3O4. The minimum atomic E-state index is -0.653. The molecule has 1 aliphatic rings. The molecule has 2 aromatic rings. The molecule has 140 valence electrons. The topological polar surface area (TPSA) is 83.8 Å². The van der Waals surface area contributed by atoms with Crippen LogP contribution < -0.4 is 4.90 Å². The van der Waals surface area contributed by atoms with Gasteiger partial charge in [0.05, 0.1) is 4.92 Å². The summed E-state index contributed by atoms with van der Waals surface area (Å²) in [4.78, 5) is 39.0. The lowest BCUT2D eigenvalue weighted by Crippen LogP contribution is -2.57. The van der Waals surface area contributed by atoms with E-state index in [9.17, 15) is 19.7 Å². The number of nitro groups is 1. The number of non-ortho nitro benzene ring substituents is 1. The van der Waals surface area contributed by atoms with Gasteiger partial charge >= 0.3 is 0 Å². The van der Waals surface area contributed by atoms with Crippen molar-refractivity contribution in [1.82, 2.24) is 4.90 Å². The van der Waals surface area contributed by atoms with Gasteiger partial charge in [-0.2, -0.15) is 0 Å². The van der Waals surface area contributed by atoms with Crippen molar-refractivity contribution in [2.45, 2.75) is 19.9 Å². The molecular weight excluding hydrogens is 370 g/mol. The summed E-state index contributed by atoms with van der Waals surface area (Å²) in [5.41, 5.74) is 1.89. The molecule has 0 N–H and O–H groups in total. The predicted octanol–water partition coefficient (Wildman–Crippen LogP) is 3.43. The second-order valence-corrected chi connectivity index (χ2v) is 6.84. The zero-order valence-electron chi connectivity index (χ0n) is 14.9. The first-order chi connectivity index (χ1) is 12.8. The highest BCUT2D eigenvalue weighted by Gasteiger charge is 2.36. The van der Waals surface area contributed by atoms with E-state index in [1.807, 2.05) is 13.0 Å². The fourth-order valence-corrected chi connectivity index (χ4v) is 3.32. The second kappa shape index (κ2) is 7.36. The molecule has 7 nitrogen and oxygen atoms in total. The van der Waals surface area contributed by atoms with E-state index < -0.39 is 11.0 Å². The van der Waals surface area contributed by atoms with Crippen LogP contribution in [0.25, 0.3) is 0 Å². The number of anilines is 1. The number of amides is 2. The second-order valence-electron chi connectivity index (χ2n) is 6.40.